The van der Waals surface area contributed by atoms with Crippen LogP contribution in [0.4, 0.5) is 5.69 Å². The van der Waals surface area contributed by atoms with Gasteiger partial charge in [-0.15, -0.1) is 0 Å². The number of aromatic carboxylic acids is 1. The van der Waals surface area contributed by atoms with Gasteiger partial charge in [0.1, 0.15) is 11.4 Å². The van der Waals surface area contributed by atoms with Crippen LogP contribution < -0.4 is 4.72 Å². The lowest BCUT2D eigenvalue weighted by Gasteiger charge is -2.21. The van der Waals surface area contributed by atoms with E-state index in [2.05, 4.69) is 4.72 Å². The van der Waals surface area contributed by atoms with E-state index in [0.717, 1.165) is 0 Å². The minimum atomic E-state index is -1.71. The van der Waals surface area contributed by atoms with Crippen LogP contribution in [0.25, 0.3) is 6.08 Å². The lowest BCUT2D eigenvalue weighted by Crippen LogP contribution is -2.27. The molecule has 0 amide bonds. The number of benzene rings is 2. The van der Waals surface area contributed by atoms with E-state index in [9.17, 15) is 14.1 Å². The van der Waals surface area contributed by atoms with Crippen molar-refractivity contribution in [3.8, 4) is 0 Å². The lowest BCUT2D eigenvalue weighted by atomic mass is 10.0. The van der Waals surface area contributed by atoms with Crippen molar-refractivity contribution in [3.05, 3.63) is 69.1 Å². The van der Waals surface area contributed by atoms with Crippen molar-refractivity contribution in [1.29, 1.82) is 0 Å². The molecule has 1 aliphatic heterocycles. The number of halogens is 1. The monoisotopic (exact) mass is 347 g/mol. The maximum absolute atomic E-state index is 12.6. The zero-order chi connectivity index (χ0) is 16.6. The molecule has 0 saturated carbocycles. The number of rotatable bonds is 2. The van der Waals surface area contributed by atoms with E-state index >= 15 is 0 Å². The molecule has 1 atom stereocenters. The van der Waals surface area contributed by atoms with Crippen molar-refractivity contribution in [3.63, 3.8) is 0 Å². The second-order valence-electron chi connectivity index (χ2n) is 4.83. The van der Waals surface area contributed by atoms with E-state index in [0.29, 0.717) is 16.3 Å². The molecule has 7 heteroatoms. The van der Waals surface area contributed by atoms with Gasteiger partial charge in [0.25, 0.3) is 0 Å². The summed E-state index contributed by atoms with van der Waals surface area (Å²) in [5.41, 5.74) is 1.21. The Labute approximate surface area is 139 Å². The molecule has 0 fully saturated rings. The topological polar surface area (TPSA) is 89.5 Å². The van der Waals surface area contributed by atoms with E-state index in [1.165, 1.54) is 24.3 Å². The summed E-state index contributed by atoms with van der Waals surface area (Å²) in [6.07, 6.45) is 1.50. The standard InChI is InChI=1S/C16H10ClNO4S/c17-11-4-1-9(2-5-11)7-14-15(19)12-8-10(16(20)21)3-6-13(12)18-23(14)22/h1-8,18H,(H,20,21)/b14-7+. The molecule has 1 unspecified atom stereocenters. The third-order valence-corrected chi connectivity index (χ3v) is 4.67. The Morgan fingerprint density at radius 1 is 1.22 bits per heavy atom. The maximum atomic E-state index is 12.6. The molecule has 2 aromatic rings. The first-order valence-electron chi connectivity index (χ1n) is 6.53. The number of anilines is 1. The first-order chi connectivity index (χ1) is 11.0. The fourth-order valence-electron chi connectivity index (χ4n) is 2.16. The zero-order valence-corrected chi connectivity index (χ0v) is 13.1. The fourth-order valence-corrected chi connectivity index (χ4v) is 3.29. The van der Waals surface area contributed by atoms with Gasteiger partial charge in [-0.05, 0) is 35.9 Å². The van der Waals surface area contributed by atoms with Crippen LogP contribution in [0.1, 0.15) is 26.3 Å². The SMILES string of the molecule is O=C(O)c1ccc2c(c1)C(=O)/C(=C\c1ccc(Cl)cc1)[S+]([O-])N2. The predicted octanol–water partition coefficient (Wildman–Crippen LogP) is 3.35. The highest BCUT2D eigenvalue weighted by atomic mass is 35.5. The average molecular weight is 348 g/mol. The van der Waals surface area contributed by atoms with Crippen LogP contribution in [0.3, 0.4) is 0 Å². The van der Waals surface area contributed by atoms with Crippen LogP contribution in [0.5, 0.6) is 0 Å². The first-order valence-corrected chi connectivity index (χ1v) is 8.06. The second kappa shape index (κ2) is 6.08. The molecular weight excluding hydrogens is 338 g/mol. The Hall–Kier alpha value is -2.28. The van der Waals surface area contributed by atoms with Gasteiger partial charge >= 0.3 is 5.97 Å². The van der Waals surface area contributed by atoms with Gasteiger partial charge in [0.2, 0.25) is 10.7 Å². The third-order valence-electron chi connectivity index (χ3n) is 3.31. The summed E-state index contributed by atoms with van der Waals surface area (Å²) >= 11 is 4.10. The lowest BCUT2D eigenvalue weighted by molar-refractivity contribution is 0.0697. The minimum Gasteiger partial charge on any atom is -0.588 e. The molecule has 23 heavy (non-hydrogen) atoms. The zero-order valence-electron chi connectivity index (χ0n) is 11.6. The van der Waals surface area contributed by atoms with Crippen LogP contribution in [0.2, 0.25) is 5.02 Å². The Morgan fingerprint density at radius 2 is 1.91 bits per heavy atom. The molecule has 0 spiro atoms. The van der Waals surface area contributed by atoms with Crippen molar-refractivity contribution in [2.24, 2.45) is 0 Å². The number of carbonyl (C=O) groups excluding carboxylic acids is 1. The minimum absolute atomic E-state index is 0.00238. The number of hydrogen-bond acceptors (Lipinski definition) is 4. The van der Waals surface area contributed by atoms with E-state index in [-0.39, 0.29) is 16.0 Å². The number of nitrogens with one attached hydrogen (secondary N) is 1. The largest absolute Gasteiger partial charge is 0.588 e. The van der Waals surface area contributed by atoms with Gasteiger partial charge in [0.05, 0.1) is 16.8 Å². The number of hydrogen-bond donors (Lipinski definition) is 2. The van der Waals surface area contributed by atoms with Crippen LogP contribution in [0.15, 0.2) is 47.4 Å². The number of Topliss-reactive ketones (excluding diaryl/α,β-unsaturated/α-hetero) is 1. The Bertz CT molecular complexity index is 832. The van der Waals surface area contributed by atoms with Crippen LogP contribution in [-0.4, -0.2) is 21.4 Å². The highest BCUT2D eigenvalue weighted by Crippen LogP contribution is 2.31. The second-order valence-corrected chi connectivity index (χ2v) is 6.44. The van der Waals surface area contributed by atoms with Gasteiger partial charge in [0, 0.05) is 11.1 Å². The van der Waals surface area contributed by atoms with Crippen molar-refractivity contribution >= 4 is 46.5 Å². The summed E-state index contributed by atoms with van der Waals surface area (Å²) in [6.45, 7) is 0. The Morgan fingerprint density at radius 3 is 2.57 bits per heavy atom. The van der Waals surface area contributed by atoms with E-state index in [1.54, 1.807) is 24.3 Å². The average Bonchev–Trinajstić information content (AvgIpc) is 2.53. The third kappa shape index (κ3) is 3.10. The number of ketones is 1. The van der Waals surface area contributed by atoms with Gasteiger partial charge in [-0.1, -0.05) is 23.7 Å². The Balaban J connectivity index is 2.04. The van der Waals surface area contributed by atoms with Crippen molar-refractivity contribution < 1.29 is 19.2 Å². The maximum Gasteiger partial charge on any atom is 0.335 e. The molecule has 116 valence electrons. The van der Waals surface area contributed by atoms with Crippen LogP contribution >= 0.6 is 11.6 Å². The fraction of sp³-hybridized carbons (Fsp3) is 0. The van der Waals surface area contributed by atoms with Gasteiger partial charge < -0.3 is 9.66 Å². The predicted molar refractivity (Wildman–Crippen MR) is 88.9 cm³/mol. The molecule has 0 bridgehead atoms. The Kier molecular flexibility index (Phi) is 4.12. The summed E-state index contributed by atoms with van der Waals surface area (Å²) in [6, 6.07) is 10.8. The van der Waals surface area contributed by atoms with E-state index < -0.39 is 23.1 Å². The van der Waals surface area contributed by atoms with Gasteiger partial charge in [-0.2, -0.15) is 0 Å². The molecule has 5 nitrogen and oxygen atoms in total. The van der Waals surface area contributed by atoms with E-state index in [4.69, 9.17) is 16.7 Å². The summed E-state index contributed by atoms with van der Waals surface area (Å²) in [7, 11) is 0. The van der Waals surface area contributed by atoms with Crippen LogP contribution in [-0.2, 0) is 11.4 Å². The van der Waals surface area contributed by atoms with Crippen LogP contribution in [0, 0.1) is 0 Å². The molecule has 0 radical (unpaired) electrons. The van der Waals surface area contributed by atoms with Crippen molar-refractivity contribution in [2.45, 2.75) is 0 Å². The van der Waals surface area contributed by atoms with E-state index in [1.807, 2.05) is 0 Å². The molecule has 2 N–H and O–H groups in total. The summed E-state index contributed by atoms with van der Waals surface area (Å²) in [4.78, 5) is 23.7. The normalized spacial score (nSPS) is 18.4. The summed E-state index contributed by atoms with van der Waals surface area (Å²) in [5.74, 6) is -1.59. The molecule has 1 heterocycles. The smallest absolute Gasteiger partial charge is 0.335 e. The highest BCUT2D eigenvalue weighted by Gasteiger charge is 2.34. The molecule has 0 aliphatic carbocycles. The number of allylic oxidation sites excluding steroid dienone is 1. The van der Waals surface area contributed by atoms with Gasteiger partial charge in [-0.3, -0.25) is 4.79 Å². The number of fused-ring (bicyclic) bond motifs is 1. The highest BCUT2D eigenvalue weighted by molar-refractivity contribution is 7.97. The molecule has 0 aromatic heterocycles. The van der Waals surface area contributed by atoms with Crippen molar-refractivity contribution in [2.75, 3.05) is 4.72 Å². The molecule has 1 aliphatic rings. The quantitative estimate of drug-likeness (QED) is 0.642. The molecular formula is C16H10ClNO4S. The van der Waals surface area contributed by atoms with Gasteiger partial charge in [-0.25, -0.2) is 9.52 Å². The number of carbonyl (C=O) groups is 2. The summed E-state index contributed by atoms with van der Waals surface area (Å²) < 4.78 is 14.9. The number of carboxylic acids is 1. The first kappa shape index (κ1) is 15.6. The van der Waals surface area contributed by atoms with Crippen molar-refractivity contribution in [1.82, 2.24) is 0 Å². The molecule has 2 aromatic carbocycles. The number of carboxylic acid groups (broad SMARTS) is 1. The molecule has 3 rings (SSSR count). The summed E-state index contributed by atoms with van der Waals surface area (Å²) in [5, 5.41) is 9.59. The molecule has 0 saturated heterocycles. The van der Waals surface area contributed by atoms with Gasteiger partial charge in [0.15, 0.2) is 0 Å².